The normalized spacial score (nSPS) is 13.6. The molecule has 0 radical (unpaired) electrons. The van der Waals surface area contributed by atoms with Crippen LogP contribution in [-0.2, 0) is 64.0 Å². The molecule has 0 spiro atoms. The third-order valence-corrected chi connectivity index (χ3v) is 17.1. The quantitative estimate of drug-likeness (QED) is 0.0134. The van der Waals surface area contributed by atoms with Gasteiger partial charge in [0, 0.05) is 114 Å². The molecule has 7 amide bonds. The van der Waals surface area contributed by atoms with Crippen molar-refractivity contribution in [3.8, 4) is 0 Å². The van der Waals surface area contributed by atoms with Gasteiger partial charge >= 0.3 is 5.97 Å². The Morgan fingerprint density at radius 1 is 0.337 bits per heavy atom. The molecule has 30 N–H and O–H groups in total. The van der Waals surface area contributed by atoms with Crippen LogP contribution in [0.4, 0.5) is 0 Å². The largest absolute Gasteiger partial charge is 0.480 e. The second-order valence-electron chi connectivity index (χ2n) is 24.6. The van der Waals surface area contributed by atoms with Crippen LogP contribution in [0.3, 0.4) is 0 Å². The zero-order valence-electron chi connectivity index (χ0n) is 55.6. The third-order valence-electron chi connectivity index (χ3n) is 17.1. The highest BCUT2D eigenvalue weighted by Gasteiger charge is 2.36. The minimum absolute atomic E-state index is 0.00987. The van der Waals surface area contributed by atoms with Crippen LogP contribution >= 0.6 is 0 Å². The highest BCUT2D eigenvalue weighted by molar-refractivity contribution is 5.99. The number of nitrogens with two attached hydrogens (primary N) is 5. The fourth-order valence-corrected chi connectivity index (χ4v) is 11.9. The van der Waals surface area contributed by atoms with Gasteiger partial charge in [-0.25, -0.2) is 4.79 Å². The van der Waals surface area contributed by atoms with E-state index in [2.05, 4.69) is 78.4 Å². The number of H-pyrrole nitrogens is 4. The molecule has 0 saturated carbocycles. The number of carbonyl (C=O) groups excluding carboxylic acids is 7. The summed E-state index contributed by atoms with van der Waals surface area (Å²) in [5.41, 5.74) is 34.4. The maximum absolute atomic E-state index is 15.4. The molecule has 536 valence electrons. The Balaban J connectivity index is 1.08. The van der Waals surface area contributed by atoms with Gasteiger partial charge in [0.15, 0.2) is 23.8 Å². The zero-order valence-corrected chi connectivity index (χ0v) is 55.6. The van der Waals surface area contributed by atoms with Gasteiger partial charge < -0.3 is 112 Å². The topological polar surface area (TPSA) is 578 Å². The van der Waals surface area contributed by atoms with Crippen LogP contribution in [0.5, 0.6) is 0 Å². The first-order valence-corrected chi connectivity index (χ1v) is 33.1. The number of nitrogens with one attached hydrogen (secondary N) is 19. The Morgan fingerprint density at radius 2 is 0.564 bits per heavy atom. The van der Waals surface area contributed by atoms with E-state index < -0.39 is 95.7 Å². The molecule has 0 fully saturated rings. The maximum atomic E-state index is 15.4. The Kier molecular flexibility index (Phi) is 26.9. The van der Waals surface area contributed by atoms with E-state index in [0.717, 1.165) is 38.3 Å². The van der Waals surface area contributed by atoms with Crippen molar-refractivity contribution in [1.29, 1.82) is 21.6 Å². The van der Waals surface area contributed by atoms with Crippen molar-refractivity contribution in [2.45, 2.75) is 125 Å². The zero-order chi connectivity index (χ0) is 72.5. The number of aromatic amines is 4. The van der Waals surface area contributed by atoms with Crippen LogP contribution in [0, 0.1) is 21.6 Å². The third kappa shape index (κ3) is 21.9. The smallest absolute Gasteiger partial charge is 0.326 e. The summed E-state index contributed by atoms with van der Waals surface area (Å²) in [6.45, 7) is 0.311. The number of aromatic nitrogens is 4. The summed E-state index contributed by atoms with van der Waals surface area (Å²) in [6.07, 6.45) is 6.47. The summed E-state index contributed by atoms with van der Waals surface area (Å²) in [7, 11) is 0. The van der Waals surface area contributed by atoms with Gasteiger partial charge in [-0.15, -0.1) is 0 Å². The van der Waals surface area contributed by atoms with Gasteiger partial charge in [-0.2, -0.15) is 0 Å². The number of carboxylic acid groups (broad SMARTS) is 1. The average Bonchev–Trinajstić information content (AvgIpc) is 1.75. The molecule has 0 aliphatic heterocycles. The molecule has 0 bridgehead atoms. The van der Waals surface area contributed by atoms with Gasteiger partial charge in [-0.3, -0.25) is 55.2 Å². The lowest BCUT2D eigenvalue weighted by molar-refractivity contribution is -0.142. The minimum Gasteiger partial charge on any atom is -0.480 e. The van der Waals surface area contributed by atoms with Crippen molar-refractivity contribution in [2.24, 2.45) is 28.7 Å². The lowest BCUT2D eigenvalue weighted by Crippen LogP contribution is -2.61. The molecule has 4 heterocycles. The van der Waals surface area contributed by atoms with Crippen LogP contribution in [0.15, 0.2) is 122 Å². The van der Waals surface area contributed by atoms with E-state index in [1.54, 1.807) is 49.1 Å². The molecular weight excluding hydrogens is 1300 g/mol. The van der Waals surface area contributed by atoms with E-state index in [4.69, 9.17) is 50.3 Å². The number of aliphatic carboxylic acids is 1. The van der Waals surface area contributed by atoms with Crippen molar-refractivity contribution in [1.82, 2.24) is 78.4 Å². The Hall–Kier alpha value is -12.2. The molecule has 0 unspecified atom stereocenters. The molecule has 4 aromatic heterocycles. The van der Waals surface area contributed by atoms with Crippen LogP contribution < -0.4 is 87.2 Å². The second kappa shape index (κ2) is 36.4. The fraction of sp³-hybridized carbons (Fsp3) is 0.353. The molecule has 101 heavy (non-hydrogen) atoms. The second-order valence-corrected chi connectivity index (χ2v) is 24.6. The Morgan fingerprint density at radius 3 is 0.842 bits per heavy atom. The Bertz CT molecular complexity index is 4250. The van der Waals surface area contributed by atoms with E-state index in [1.165, 1.54) is 0 Å². The summed E-state index contributed by atoms with van der Waals surface area (Å²) >= 11 is 0. The molecule has 8 aromatic rings. The number of amides is 7. The molecule has 0 aliphatic rings. The number of hydrogen-bond acceptors (Lipinski definition) is 13. The van der Waals surface area contributed by atoms with Crippen LogP contribution in [0.1, 0.15) is 73.6 Å². The maximum Gasteiger partial charge on any atom is 0.326 e. The van der Waals surface area contributed by atoms with Gasteiger partial charge in [-0.1, -0.05) is 72.8 Å². The summed E-state index contributed by atoms with van der Waals surface area (Å²) in [4.78, 5) is 129. The number of carbonyl (C=O) groups is 8. The molecule has 0 saturated heterocycles. The van der Waals surface area contributed by atoms with Gasteiger partial charge in [0.1, 0.15) is 42.3 Å². The van der Waals surface area contributed by atoms with E-state index in [1.807, 2.05) is 72.8 Å². The lowest BCUT2D eigenvalue weighted by Gasteiger charge is -2.28. The fourth-order valence-electron chi connectivity index (χ4n) is 11.9. The van der Waals surface area contributed by atoms with Crippen molar-refractivity contribution in [3.05, 3.63) is 144 Å². The molecule has 0 aliphatic carbocycles. The number of benzene rings is 4. The minimum atomic E-state index is -1.52. The van der Waals surface area contributed by atoms with Gasteiger partial charge in [0.25, 0.3) is 0 Å². The molecule has 8 rings (SSSR count). The SMILES string of the molecule is N=C(N)NCCC[C@H](NC(=O)[C@H](CCCNC(=N)N)NC(=O)[C@H](CCCNC(=N)N)NC(=O)[C@H](Cc1c[nH]c2ccccc12)NC(=O)[C@H](Cc1c[nH]c2ccccc12)NC(=O)[C@H](CCCNC(=N)N)NC(=O)[C@@H](N)Cc1c[nH]c2ccccc12)C(=O)N[C@@H](Cc1c[nH]c2ccccc12)C(=O)O. The summed E-state index contributed by atoms with van der Waals surface area (Å²) in [6, 6.07) is 17.9. The molecule has 33 nitrogen and oxygen atoms in total. The molecule has 33 heteroatoms. The molecular formula is C68H90N24O9. The predicted molar refractivity (Wildman–Crippen MR) is 384 cm³/mol. The number of rotatable bonds is 39. The van der Waals surface area contributed by atoms with Gasteiger partial charge in [0.2, 0.25) is 41.4 Å². The van der Waals surface area contributed by atoms with Crippen LogP contribution in [-0.4, -0.2) is 171 Å². The monoisotopic (exact) mass is 1390 g/mol. The highest BCUT2D eigenvalue weighted by atomic mass is 16.4. The Labute approximate surface area is 580 Å². The summed E-state index contributed by atoms with van der Waals surface area (Å²) in [5.74, 6) is -8.68. The van der Waals surface area contributed by atoms with Crippen LogP contribution in [0.2, 0.25) is 0 Å². The van der Waals surface area contributed by atoms with E-state index in [9.17, 15) is 29.1 Å². The first-order chi connectivity index (χ1) is 48.5. The van der Waals surface area contributed by atoms with Gasteiger partial charge in [0.05, 0.1) is 6.04 Å². The number of carboxylic acids is 1. The predicted octanol–water partition coefficient (Wildman–Crippen LogP) is -0.259. The van der Waals surface area contributed by atoms with Crippen molar-refractivity contribution < 1.29 is 43.5 Å². The van der Waals surface area contributed by atoms with Crippen molar-refractivity contribution in [3.63, 3.8) is 0 Å². The highest BCUT2D eigenvalue weighted by Crippen LogP contribution is 2.24. The number of para-hydroxylation sites is 4. The molecule has 8 atom stereocenters. The standard InChI is InChI=1S/C68H90N24O9/c69-45(29-37-33-82-46-17-5-1-13-41(37)46)57(93)86-50(21-9-25-78-65(70)71)60(96)90-55(31-39-35-84-48-19-7-3-15-43(39)48)63(99)91-54(30-38-34-83-47-18-6-2-14-42(38)47)62(98)89-52(23-11-27-80-67(74)75)59(95)87-51(22-10-26-79-66(72)73)58(94)88-53(24-12-28-81-68(76)77)61(97)92-56(64(100)101)32-40-36-85-49-20-8-4-16-44(40)49/h1-8,13-20,33-36,45,50-56,82-85H,9-12,21-32,69H2,(H,86,93)(H,87,95)(H,88,94)(H,89,98)(H,90,96)(H,91,99)(H,92,97)(H,100,101)(H4,70,71,78)(H4,72,73,79)(H4,74,75,80)(H4,76,77,81)/t45-,50-,51-,52-,53-,54-,55-,56-/m0/s1. The van der Waals surface area contributed by atoms with E-state index in [-0.39, 0.29) is 127 Å². The van der Waals surface area contributed by atoms with E-state index >= 15 is 14.4 Å². The van der Waals surface area contributed by atoms with Gasteiger partial charge in [-0.05, 0) is 104 Å². The molecule has 4 aromatic carbocycles. The average molecular weight is 1390 g/mol. The summed E-state index contributed by atoms with van der Waals surface area (Å²) < 4.78 is 0. The van der Waals surface area contributed by atoms with Crippen LogP contribution in [0.25, 0.3) is 43.6 Å². The number of hydrogen-bond donors (Lipinski definition) is 25. The van der Waals surface area contributed by atoms with Crippen molar-refractivity contribution >= 4 is 115 Å². The lowest BCUT2D eigenvalue weighted by atomic mass is 10.00. The first kappa shape index (κ1) is 74.6. The number of fused-ring (bicyclic) bond motifs is 4. The summed E-state index contributed by atoms with van der Waals surface area (Å²) in [5, 5.41) is 74.3. The first-order valence-electron chi connectivity index (χ1n) is 33.1. The van der Waals surface area contributed by atoms with Crippen molar-refractivity contribution in [2.75, 3.05) is 26.2 Å². The number of guanidine groups is 4. The van der Waals surface area contributed by atoms with E-state index in [0.29, 0.717) is 27.6 Å².